The molecule has 2 N–H and O–H groups in total. The smallest absolute Gasteiger partial charge is 0.0577 e. The lowest BCUT2D eigenvalue weighted by Gasteiger charge is -2.43. The second kappa shape index (κ2) is 4.03. The summed E-state index contributed by atoms with van der Waals surface area (Å²) < 4.78 is 0. The fraction of sp³-hybridized carbons (Fsp3) is 0.833. The molecule has 0 aromatic heterocycles. The molecule has 0 heterocycles. The van der Waals surface area contributed by atoms with Gasteiger partial charge in [-0.3, -0.25) is 0 Å². The molecule has 1 fully saturated rings. The molecule has 5 unspecified atom stereocenters. The molecule has 0 aromatic rings. The Morgan fingerprint density at radius 2 is 2.07 bits per heavy atom. The van der Waals surface area contributed by atoms with Gasteiger partial charge >= 0.3 is 0 Å². The summed E-state index contributed by atoms with van der Waals surface area (Å²) >= 11 is 0. The zero-order valence-corrected chi connectivity index (χ0v) is 8.76. The van der Waals surface area contributed by atoms with E-state index in [2.05, 4.69) is 19.1 Å². The normalized spacial score (nSPS) is 47.5. The molecule has 2 nitrogen and oxygen atoms in total. The van der Waals surface area contributed by atoms with E-state index in [1.165, 1.54) is 6.42 Å². The molecule has 1 saturated carbocycles. The molecule has 2 rings (SSSR count). The predicted octanol–water partition coefficient (Wildman–Crippen LogP) is 1.58. The highest BCUT2D eigenvalue weighted by atomic mass is 16.3. The van der Waals surface area contributed by atoms with E-state index in [1.807, 2.05) is 0 Å². The summed E-state index contributed by atoms with van der Waals surface area (Å²) in [6.45, 7) is 2.35. The number of fused-ring (bicyclic) bond motifs is 1. The molecular weight excluding hydrogens is 176 g/mol. The van der Waals surface area contributed by atoms with Gasteiger partial charge in [-0.1, -0.05) is 25.5 Å². The molecule has 14 heavy (non-hydrogen) atoms. The lowest BCUT2D eigenvalue weighted by molar-refractivity contribution is -0.0211. The minimum atomic E-state index is -0.196. The van der Waals surface area contributed by atoms with E-state index in [-0.39, 0.29) is 18.6 Å². The monoisotopic (exact) mass is 196 g/mol. The van der Waals surface area contributed by atoms with Crippen LogP contribution in [0.2, 0.25) is 0 Å². The summed E-state index contributed by atoms with van der Waals surface area (Å²) in [5.74, 6) is 1.48. The average molecular weight is 196 g/mol. The van der Waals surface area contributed by atoms with Crippen LogP contribution in [-0.2, 0) is 0 Å². The van der Waals surface area contributed by atoms with Crippen LogP contribution in [0.4, 0.5) is 0 Å². The van der Waals surface area contributed by atoms with E-state index < -0.39 is 0 Å². The largest absolute Gasteiger partial charge is 0.396 e. The van der Waals surface area contributed by atoms with E-state index in [4.69, 9.17) is 0 Å². The van der Waals surface area contributed by atoms with Gasteiger partial charge in [0, 0.05) is 6.61 Å². The van der Waals surface area contributed by atoms with Crippen LogP contribution >= 0.6 is 0 Å². The van der Waals surface area contributed by atoms with Gasteiger partial charge in [-0.15, -0.1) is 0 Å². The van der Waals surface area contributed by atoms with Crippen molar-refractivity contribution < 1.29 is 10.2 Å². The van der Waals surface area contributed by atoms with Crippen molar-refractivity contribution >= 4 is 0 Å². The van der Waals surface area contributed by atoms with Crippen LogP contribution in [0.25, 0.3) is 0 Å². The Labute approximate surface area is 85.6 Å². The second-order valence-electron chi connectivity index (χ2n) is 4.83. The summed E-state index contributed by atoms with van der Waals surface area (Å²) in [5, 5.41) is 19.4. The summed E-state index contributed by atoms with van der Waals surface area (Å²) in [4.78, 5) is 0. The Hall–Kier alpha value is -0.340. The van der Waals surface area contributed by atoms with Crippen LogP contribution < -0.4 is 0 Å². The molecular formula is C12H20O2. The first-order chi connectivity index (χ1) is 6.74. The molecule has 0 spiro atoms. The van der Waals surface area contributed by atoms with Gasteiger partial charge in [0.2, 0.25) is 0 Å². The van der Waals surface area contributed by atoms with E-state index in [9.17, 15) is 10.2 Å². The van der Waals surface area contributed by atoms with Gasteiger partial charge in [0.1, 0.15) is 0 Å². The number of aliphatic hydroxyl groups excluding tert-OH is 2. The van der Waals surface area contributed by atoms with Crippen LogP contribution in [-0.4, -0.2) is 22.9 Å². The fourth-order valence-electron chi connectivity index (χ4n) is 3.16. The van der Waals surface area contributed by atoms with Crippen molar-refractivity contribution in [2.75, 3.05) is 6.61 Å². The van der Waals surface area contributed by atoms with E-state index in [1.54, 1.807) is 0 Å². The first-order valence-corrected chi connectivity index (χ1v) is 5.71. The van der Waals surface area contributed by atoms with E-state index >= 15 is 0 Å². The molecule has 0 aromatic carbocycles. The third kappa shape index (κ3) is 1.61. The number of aliphatic hydroxyl groups is 2. The standard InChI is InChI=1S/C12H20O2/c1-8-5-6-9-3-2-4-11(14)12(9)10(8)7-13/h5-6,8-14H,2-4,7H2,1H3. The first kappa shape index (κ1) is 10.2. The number of hydrogen-bond acceptors (Lipinski definition) is 2. The van der Waals surface area contributed by atoms with Crippen molar-refractivity contribution in [2.45, 2.75) is 32.3 Å². The molecule has 0 bridgehead atoms. The van der Waals surface area contributed by atoms with Crippen molar-refractivity contribution in [1.82, 2.24) is 0 Å². The minimum Gasteiger partial charge on any atom is -0.396 e. The maximum Gasteiger partial charge on any atom is 0.0577 e. The molecule has 0 radical (unpaired) electrons. The Balaban J connectivity index is 2.20. The Bertz CT molecular complexity index is 224. The zero-order valence-electron chi connectivity index (χ0n) is 8.76. The highest BCUT2D eigenvalue weighted by molar-refractivity contribution is 5.07. The molecule has 80 valence electrons. The molecule has 0 amide bonds. The maximum atomic E-state index is 9.98. The van der Waals surface area contributed by atoms with Crippen LogP contribution in [0.15, 0.2) is 12.2 Å². The molecule has 2 heteroatoms. The van der Waals surface area contributed by atoms with Gasteiger partial charge < -0.3 is 10.2 Å². The van der Waals surface area contributed by atoms with Gasteiger partial charge in [0.15, 0.2) is 0 Å². The van der Waals surface area contributed by atoms with Crippen LogP contribution in [0.5, 0.6) is 0 Å². The van der Waals surface area contributed by atoms with Crippen LogP contribution in [0, 0.1) is 23.7 Å². The van der Waals surface area contributed by atoms with Crippen LogP contribution in [0.1, 0.15) is 26.2 Å². The lowest BCUT2D eigenvalue weighted by Crippen LogP contribution is -2.42. The molecule has 5 atom stereocenters. The van der Waals surface area contributed by atoms with Crippen molar-refractivity contribution in [2.24, 2.45) is 23.7 Å². The number of rotatable bonds is 1. The molecule has 0 aliphatic heterocycles. The fourth-order valence-corrected chi connectivity index (χ4v) is 3.16. The van der Waals surface area contributed by atoms with E-state index in [0.29, 0.717) is 17.8 Å². The summed E-state index contributed by atoms with van der Waals surface area (Å²) in [7, 11) is 0. The predicted molar refractivity (Wildman–Crippen MR) is 55.7 cm³/mol. The quantitative estimate of drug-likeness (QED) is 0.625. The van der Waals surface area contributed by atoms with Gasteiger partial charge in [0.05, 0.1) is 6.10 Å². The van der Waals surface area contributed by atoms with Gasteiger partial charge in [0.25, 0.3) is 0 Å². The van der Waals surface area contributed by atoms with Crippen molar-refractivity contribution in [3.8, 4) is 0 Å². The van der Waals surface area contributed by atoms with E-state index in [0.717, 1.165) is 12.8 Å². The Morgan fingerprint density at radius 3 is 2.79 bits per heavy atom. The molecule has 2 aliphatic rings. The van der Waals surface area contributed by atoms with Crippen molar-refractivity contribution in [1.29, 1.82) is 0 Å². The SMILES string of the molecule is CC1C=CC2CCCC(O)C2C1CO. The third-order valence-electron chi connectivity index (χ3n) is 4.02. The highest BCUT2D eigenvalue weighted by Gasteiger charge is 2.40. The zero-order chi connectivity index (χ0) is 10.1. The topological polar surface area (TPSA) is 40.5 Å². The van der Waals surface area contributed by atoms with Crippen molar-refractivity contribution in [3.63, 3.8) is 0 Å². The third-order valence-corrected chi connectivity index (χ3v) is 4.02. The van der Waals surface area contributed by atoms with Gasteiger partial charge in [-0.05, 0) is 36.5 Å². The summed E-state index contributed by atoms with van der Waals surface area (Å²) in [6.07, 6.45) is 7.49. The maximum absolute atomic E-state index is 9.98. The summed E-state index contributed by atoms with van der Waals surface area (Å²) in [5.41, 5.74) is 0. The van der Waals surface area contributed by atoms with Gasteiger partial charge in [-0.25, -0.2) is 0 Å². The lowest BCUT2D eigenvalue weighted by atomic mass is 9.64. The Morgan fingerprint density at radius 1 is 1.29 bits per heavy atom. The second-order valence-corrected chi connectivity index (χ2v) is 4.83. The molecule has 2 aliphatic carbocycles. The van der Waals surface area contributed by atoms with Crippen molar-refractivity contribution in [3.05, 3.63) is 12.2 Å². The highest BCUT2D eigenvalue weighted by Crippen LogP contribution is 2.42. The number of hydrogen-bond donors (Lipinski definition) is 2. The molecule has 0 saturated heterocycles. The van der Waals surface area contributed by atoms with Crippen LogP contribution in [0.3, 0.4) is 0 Å². The summed E-state index contributed by atoms with van der Waals surface area (Å²) in [6, 6.07) is 0. The van der Waals surface area contributed by atoms with Gasteiger partial charge in [-0.2, -0.15) is 0 Å². The average Bonchev–Trinajstić information content (AvgIpc) is 2.19. The number of allylic oxidation sites excluding steroid dienone is 2. The minimum absolute atomic E-state index is 0.196. The first-order valence-electron chi connectivity index (χ1n) is 5.71. The Kier molecular flexibility index (Phi) is 2.93.